The fourth-order valence-electron chi connectivity index (χ4n) is 1.27. The van der Waals surface area contributed by atoms with Crippen molar-refractivity contribution in [1.82, 2.24) is 0 Å². The number of aryl methyl sites for hydroxylation is 1. The van der Waals surface area contributed by atoms with Crippen molar-refractivity contribution in [2.45, 2.75) is 6.92 Å². The van der Waals surface area contributed by atoms with Gasteiger partial charge in [-0.3, -0.25) is 4.79 Å². The molecular weight excluding hydrogens is 187 g/mol. The van der Waals surface area contributed by atoms with E-state index in [0.29, 0.717) is 0 Å². The van der Waals surface area contributed by atoms with Crippen LogP contribution in [0.25, 0.3) is 11.0 Å². The summed E-state index contributed by atoms with van der Waals surface area (Å²) in [5.41, 5.74) is -0.516. The molecule has 0 atom stereocenters. The Labute approximate surface area is 78.4 Å². The molecule has 1 N–H and O–H groups in total. The van der Waals surface area contributed by atoms with Crippen LogP contribution in [0.1, 0.15) is 5.76 Å². The van der Waals surface area contributed by atoms with Crippen molar-refractivity contribution in [3.63, 3.8) is 0 Å². The van der Waals surface area contributed by atoms with Crippen molar-refractivity contribution in [2.24, 2.45) is 0 Å². The number of halogens is 1. The fourth-order valence-corrected chi connectivity index (χ4v) is 1.27. The first kappa shape index (κ1) is 8.74. The van der Waals surface area contributed by atoms with Crippen LogP contribution in [0.15, 0.2) is 27.4 Å². The lowest BCUT2D eigenvalue weighted by Gasteiger charge is -2.00. The molecule has 0 unspecified atom stereocenters. The summed E-state index contributed by atoms with van der Waals surface area (Å²) < 4.78 is 18.1. The predicted molar refractivity (Wildman–Crippen MR) is 48.8 cm³/mol. The predicted octanol–water partition coefficient (Wildman–Crippen LogP) is 1.95. The third-order valence-corrected chi connectivity index (χ3v) is 1.98. The lowest BCUT2D eigenvalue weighted by molar-refractivity contribution is 0.467. The fraction of sp³-hybridized carbons (Fsp3) is 0.100. The number of aromatic hydroxyl groups is 1. The number of benzene rings is 1. The van der Waals surface area contributed by atoms with Gasteiger partial charge in [0.1, 0.15) is 17.1 Å². The van der Waals surface area contributed by atoms with Gasteiger partial charge in [0.2, 0.25) is 11.2 Å². The number of hydrogen-bond donors (Lipinski definition) is 1. The van der Waals surface area contributed by atoms with E-state index < -0.39 is 11.2 Å². The smallest absolute Gasteiger partial charge is 0.228 e. The largest absolute Gasteiger partial charge is 0.508 e. The summed E-state index contributed by atoms with van der Waals surface area (Å²) in [5.74, 6) is -0.983. The maximum absolute atomic E-state index is 13.1. The average Bonchev–Trinajstić information content (AvgIpc) is 2.14. The van der Waals surface area contributed by atoms with Crippen molar-refractivity contribution >= 4 is 11.0 Å². The summed E-state index contributed by atoms with van der Waals surface area (Å²) in [5, 5.41) is 9.26. The second kappa shape index (κ2) is 2.83. The minimum atomic E-state index is -0.886. The molecule has 1 aromatic carbocycles. The van der Waals surface area contributed by atoms with Gasteiger partial charge in [0, 0.05) is 6.07 Å². The van der Waals surface area contributed by atoms with Crippen LogP contribution in [-0.4, -0.2) is 5.11 Å². The van der Waals surface area contributed by atoms with Crippen molar-refractivity contribution in [2.75, 3.05) is 0 Å². The van der Waals surface area contributed by atoms with Crippen LogP contribution in [0.5, 0.6) is 5.75 Å². The van der Waals surface area contributed by atoms with Gasteiger partial charge in [0.25, 0.3) is 0 Å². The number of hydrogen-bond acceptors (Lipinski definition) is 3. The van der Waals surface area contributed by atoms with E-state index in [-0.39, 0.29) is 22.5 Å². The number of phenols is 1. The standard InChI is InChI=1S/C10H7FO3/c1-5-9(11)10(13)7-3-2-6(12)4-8(7)14-5/h2-4,12H,1H3. The van der Waals surface area contributed by atoms with Crippen molar-refractivity contribution in [3.05, 3.63) is 40.0 Å². The third-order valence-electron chi connectivity index (χ3n) is 1.98. The first-order valence-corrected chi connectivity index (χ1v) is 4.01. The minimum Gasteiger partial charge on any atom is -0.508 e. The van der Waals surface area contributed by atoms with E-state index in [9.17, 15) is 9.18 Å². The summed E-state index contributed by atoms with van der Waals surface area (Å²) in [6.45, 7) is 1.36. The highest BCUT2D eigenvalue weighted by Gasteiger charge is 2.10. The van der Waals surface area contributed by atoms with E-state index in [4.69, 9.17) is 9.52 Å². The van der Waals surface area contributed by atoms with Gasteiger partial charge in [-0.15, -0.1) is 0 Å². The second-order valence-corrected chi connectivity index (χ2v) is 2.98. The molecule has 0 aliphatic heterocycles. The molecule has 4 heteroatoms. The Kier molecular flexibility index (Phi) is 1.77. The Morgan fingerprint density at radius 1 is 1.43 bits per heavy atom. The molecule has 3 nitrogen and oxygen atoms in total. The van der Waals surface area contributed by atoms with Crippen LogP contribution >= 0.6 is 0 Å². The number of fused-ring (bicyclic) bond motifs is 1. The van der Waals surface area contributed by atoms with E-state index in [2.05, 4.69) is 0 Å². The van der Waals surface area contributed by atoms with E-state index in [0.717, 1.165) is 0 Å². The van der Waals surface area contributed by atoms with Gasteiger partial charge in [0.15, 0.2) is 0 Å². The van der Waals surface area contributed by atoms with Crippen molar-refractivity contribution in [1.29, 1.82) is 0 Å². The quantitative estimate of drug-likeness (QED) is 0.697. The summed E-state index contributed by atoms with van der Waals surface area (Å²) in [6, 6.07) is 3.93. The van der Waals surface area contributed by atoms with Crippen LogP contribution in [0.4, 0.5) is 4.39 Å². The molecule has 72 valence electrons. The molecule has 0 aliphatic rings. The normalized spacial score (nSPS) is 10.7. The Balaban J connectivity index is 2.98. The number of phenolic OH excluding ortho intramolecular Hbond substituents is 1. The average molecular weight is 194 g/mol. The minimum absolute atomic E-state index is 0.0216. The lowest BCUT2D eigenvalue weighted by atomic mass is 10.2. The summed E-state index contributed by atoms with van der Waals surface area (Å²) >= 11 is 0. The zero-order valence-electron chi connectivity index (χ0n) is 7.37. The molecule has 0 amide bonds. The molecule has 1 aromatic heterocycles. The maximum Gasteiger partial charge on any atom is 0.228 e. The first-order chi connectivity index (χ1) is 6.59. The second-order valence-electron chi connectivity index (χ2n) is 2.98. The topological polar surface area (TPSA) is 50.4 Å². The Hall–Kier alpha value is -1.84. The third kappa shape index (κ3) is 1.16. The first-order valence-electron chi connectivity index (χ1n) is 4.01. The Morgan fingerprint density at radius 3 is 2.86 bits per heavy atom. The van der Waals surface area contributed by atoms with E-state index in [1.165, 1.54) is 25.1 Å². The molecule has 0 radical (unpaired) electrons. The van der Waals surface area contributed by atoms with Gasteiger partial charge in [-0.1, -0.05) is 0 Å². The molecule has 0 saturated carbocycles. The monoisotopic (exact) mass is 194 g/mol. The van der Waals surface area contributed by atoms with Gasteiger partial charge in [-0.05, 0) is 19.1 Å². The summed E-state index contributed by atoms with van der Waals surface area (Å²) in [4.78, 5) is 11.3. The van der Waals surface area contributed by atoms with Gasteiger partial charge in [0.05, 0.1) is 5.39 Å². The molecular formula is C10H7FO3. The molecule has 1 heterocycles. The molecule has 0 spiro atoms. The molecule has 14 heavy (non-hydrogen) atoms. The van der Waals surface area contributed by atoms with Crippen LogP contribution in [-0.2, 0) is 0 Å². The SMILES string of the molecule is Cc1oc2cc(O)ccc2c(=O)c1F. The number of rotatable bonds is 0. The van der Waals surface area contributed by atoms with E-state index >= 15 is 0 Å². The molecule has 0 fully saturated rings. The molecule has 0 saturated heterocycles. The Bertz CT molecular complexity index is 557. The van der Waals surface area contributed by atoms with Crippen LogP contribution in [0.2, 0.25) is 0 Å². The Morgan fingerprint density at radius 2 is 2.14 bits per heavy atom. The van der Waals surface area contributed by atoms with Gasteiger partial charge in [-0.2, -0.15) is 4.39 Å². The molecule has 0 aliphatic carbocycles. The lowest BCUT2D eigenvalue weighted by Crippen LogP contribution is -2.08. The zero-order chi connectivity index (χ0) is 10.3. The van der Waals surface area contributed by atoms with Crippen molar-refractivity contribution < 1.29 is 13.9 Å². The molecule has 0 bridgehead atoms. The summed E-state index contributed by atoms with van der Waals surface area (Å²) in [7, 11) is 0. The maximum atomic E-state index is 13.1. The highest BCUT2D eigenvalue weighted by molar-refractivity contribution is 5.77. The molecule has 2 aromatic rings. The molecule has 2 rings (SSSR count). The van der Waals surface area contributed by atoms with Crippen molar-refractivity contribution in [3.8, 4) is 5.75 Å². The van der Waals surface area contributed by atoms with Gasteiger partial charge < -0.3 is 9.52 Å². The van der Waals surface area contributed by atoms with E-state index in [1.807, 2.05) is 0 Å². The highest BCUT2D eigenvalue weighted by atomic mass is 19.1. The van der Waals surface area contributed by atoms with Crippen LogP contribution < -0.4 is 5.43 Å². The van der Waals surface area contributed by atoms with Gasteiger partial charge in [-0.25, -0.2) is 0 Å². The van der Waals surface area contributed by atoms with Gasteiger partial charge >= 0.3 is 0 Å². The van der Waals surface area contributed by atoms with Crippen LogP contribution in [0, 0.1) is 12.7 Å². The van der Waals surface area contributed by atoms with Crippen LogP contribution in [0.3, 0.4) is 0 Å². The van der Waals surface area contributed by atoms with E-state index in [1.54, 1.807) is 0 Å². The highest BCUT2D eigenvalue weighted by Crippen LogP contribution is 2.19. The zero-order valence-corrected chi connectivity index (χ0v) is 7.37. The summed E-state index contributed by atoms with van der Waals surface area (Å²) in [6.07, 6.45) is 0.